The zero-order valence-corrected chi connectivity index (χ0v) is 12.4. The standard InChI is InChI=1S/C17H17NO3/c1-10-15(19)11(9-18(2)3)8-14-12-6-4-5-7-13(12)17(20)21-16(10)14/h4-8,19H,9H2,1-3H3/p+1. The molecule has 108 valence electrons. The summed E-state index contributed by atoms with van der Waals surface area (Å²) in [7, 11) is 4.06. The van der Waals surface area contributed by atoms with Crippen molar-refractivity contribution in [3.05, 3.63) is 51.9 Å². The van der Waals surface area contributed by atoms with Gasteiger partial charge < -0.3 is 14.4 Å². The van der Waals surface area contributed by atoms with Crippen molar-refractivity contribution in [3.63, 3.8) is 0 Å². The first-order chi connectivity index (χ1) is 9.99. The SMILES string of the molecule is Cc1c(O)c(C[NH+](C)C)cc2c1oc(=O)c1ccccc12. The largest absolute Gasteiger partial charge is 0.507 e. The van der Waals surface area contributed by atoms with Gasteiger partial charge in [-0.15, -0.1) is 0 Å². The zero-order chi connectivity index (χ0) is 15.1. The molecule has 0 aliphatic heterocycles. The van der Waals surface area contributed by atoms with Crippen molar-refractivity contribution < 1.29 is 14.4 Å². The van der Waals surface area contributed by atoms with E-state index >= 15 is 0 Å². The van der Waals surface area contributed by atoms with E-state index in [1.54, 1.807) is 13.0 Å². The lowest BCUT2D eigenvalue weighted by Gasteiger charge is -2.13. The maximum absolute atomic E-state index is 12.1. The summed E-state index contributed by atoms with van der Waals surface area (Å²) in [4.78, 5) is 13.3. The topological polar surface area (TPSA) is 54.9 Å². The number of hydrogen-bond acceptors (Lipinski definition) is 3. The Morgan fingerprint density at radius 2 is 1.81 bits per heavy atom. The third-order valence-corrected chi connectivity index (χ3v) is 3.74. The predicted octanol–water partition coefficient (Wildman–Crippen LogP) is 1.60. The van der Waals surface area contributed by atoms with E-state index in [4.69, 9.17) is 4.42 Å². The van der Waals surface area contributed by atoms with Gasteiger partial charge in [-0.3, -0.25) is 0 Å². The smallest absolute Gasteiger partial charge is 0.344 e. The molecule has 0 fully saturated rings. The first kappa shape index (κ1) is 13.6. The van der Waals surface area contributed by atoms with Crippen molar-refractivity contribution >= 4 is 21.7 Å². The van der Waals surface area contributed by atoms with Crippen LogP contribution in [-0.2, 0) is 6.54 Å². The van der Waals surface area contributed by atoms with E-state index in [-0.39, 0.29) is 11.4 Å². The fraction of sp³-hybridized carbons (Fsp3) is 0.235. The van der Waals surface area contributed by atoms with Gasteiger partial charge >= 0.3 is 5.63 Å². The quantitative estimate of drug-likeness (QED) is 0.555. The number of quaternary nitrogens is 1. The van der Waals surface area contributed by atoms with Crippen LogP contribution < -0.4 is 10.5 Å². The fourth-order valence-corrected chi connectivity index (χ4v) is 2.75. The maximum atomic E-state index is 12.1. The van der Waals surface area contributed by atoms with E-state index in [0.29, 0.717) is 23.1 Å². The lowest BCUT2D eigenvalue weighted by molar-refractivity contribution is -0.872. The Hall–Kier alpha value is -2.33. The Balaban J connectivity index is 2.47. The zero-order valence-electron chi connectivity index (χ0n) is 12.4. The summed E-state index contributed by atoms with van der Waals surface area (Å²) >= 11 is 0. The number of phenols is 1. The van der Waals surface area contributed by atoms with E-state index in [9.17, 15) is 9.90 Å². The van der Waals surface area contributed by atoms with Gasteiger partial charge in [-0.2, -0.15) is 0 Å². The Labute approximate surface area is 122 Å². The van der Waals surface area contributed by atoms with Crippen LogP contribution in [0.5, 0.6) is 5.75 Å². The number of aromatic hydroxyl groups is 1. The Kier molecular flexibility index (Phi) is 3.18. The van der Waals surface area contributed by atoms with Gasteiger partial charge in [0.25, 0.3) is 0 Å². The molecule has 4 nitrogen and oxygen atoms in total. The van der Waals surface area contributed by atoms with E-state index in [1.807, 2.05) is 38.4 Å². The molecule has 1 aromatic heterocycles. The van der Waals surface area contributed by atoms with Crippen molar-refractivity contribution in [2.24, 2.45) is 0 Å². The summed E-state index contributed by atoms with van der Waals surface area (Å²) < 4.78 is 5.42. The predicted molar refractivity (Wildman–Crippen MR) is 82.9 cm³/mol. The molecule has 0 saturated heterocycles. The monoisotopic (exact) mass is 284 g/mol. The van der Waals surface area contributed by atoms with Gasteiger partial charge in [-0.1, -0.05) is 18.2 Å². The van der Waals surface area contributed by atoms with Crippen molar-refractivity contribution in [1.29, 1.82) is 0 Å². The third-order valence-electron chi connectivity index (χ3n) is 3.74. The van der Waals surface area contributed by atoms with Gasteiger partial charge in [0.2, 0.25) is 0 Å². The summed E-state index contributed by atoms with van der Waals surface area (Å²) in [6, 6.07) is 9.33. The van der Waals surface area contributed by atoms with E-state index < -0.39 is 0 Å². The number of fused-ring (bicyclic) bond motifs is 3. The molecule has 0 amide bonds. The minimum atomic E-state index is -0.369. The van der Waals surface area contributed by atoms with Crippen molar-refractivity contribution in [2.75, 3.05) is 14.1 Å². The van der Waals surface area contributed by atoms with Crippen LogP contribution in [0.3, 0.4) is 0 Å². The highest BCUT2D eigenvalue weighted by molar-refractivity contribution is 6.05. The van der Waals surface area contributed by atoms with Crippen LogP contribution in [0.2, 0.25) is 0 Å². The molecular formula is C17H18NO3+. The van der Waals surface area contributed by atoms with Crippen LogP contribution in [0, 0.1) is 6.92 Å². The lowest BCUT2D eigenvalue weighted by atomic mass is 10.0. The van der Waals surface area contributed by atoms with Crippen LogP contribution in [-0.4, -0.2) is 19.2 Å². The molecule has 0 aliphatic carbocycles. The Bertz CT molecular complexity index is 894. The first-order valence-electron chi connectivity index (χ1n) is 6.95. The van der Waals surface area contributed by atoms with E-state index in [1.165, 1.54) is 4.90 Å². The minimum Gasteiger partial charge on any atom is -0.507 e. The normalized spacial score (nSPS) is 11.6. The summed E-state index contributed by atoms with van der Waals surface area (Å²) in [6.45, 7) is 2.49. The fourth-order valence-electron chi connectivity index (χ4n) is 2.75. The van der Waals surface area contributed by atoms with Crippen LogP contribution in [0.15, 0.2) is 39.5 Å². The number of aryl methyl sites for hydroxylation is 1. The van der Waals surface area contributed by atoms with Gasteiger partial charge in [-0.25, -0.2) is 4.79 Å². The van der Waals surface area contributed by atoms with Crippen molar-refractivity contribution in [3.8, 4) is 5.75 Å². The van der Waals surface area contributed by atoms with Crippen LogP contribution in [0.4, 0.5) is 0 Å². The lowest BCUT2D eigenvalue weighted by Crippen LogP contribution is -3.04. The molecule has 0 radical (unpaired) electrons. The molecule has 21 heavy (non-hydrogen) atoms. The molecule has 2 aromatic carbocycles. The Morgan fingerprint density at radius 1 is 1.14 bits per heavy atom. The summed E-state index contributed by atoms with van der Waals surface area (Å²) in [5, 5.41) is 12.6. The van der Waals surface area contributed by atoms with Crippen molar-refractivity contribution in [2.45, 2.75) is 13.5 Å². The summed E-state index contributed by atoms with van der Waals surface area (Å²) in [5.74, 6) is 0.210. The van der Waals surface area contributed by atoms with E-state index in [2.05, 4.69) is 0 Å². The average Bonchev–Trinajstić information content (AvgIpc) is 2.46. The van der Waals surface area contributed by atoms with Crippen LogP contribution in [0.25, 0.3) is 21.7 Å². The summed E-state index contributed by atoms with van der Waals surface area (Å²) in [5.41, 5.74) is 1.57. The average molecular weight is 284 g/mol. The molecule has 3 rings (SSSR count). The molecule has 0 spiro atoms. The maximum Gasteiger partial charge on any atom is 0.344 e. The van der Waals surface area contributed by atoms with Gasteiger partial charge in [-0.05, 0) is 24.4 Å². The van der Waals surface area contributed by atoms with Gasteiger partial charge in [0.15, 0.2) is 0 Å². The van der Waals surface area contributed by atoms with Gasteiger partial charge in [0, 0.05) is 16.5 Å². The Morgan fingerprint density at radius 3 is 2.48 bits per heavy atom. The third kappa shape index (κ3) is 2.17. The summed E-state index contributed by atoms with van der Waals surface area (Å²) in [6.07, 6.45) is 0. The highest BCUT2D eigenvalue weighted by atomic mass is 16.4. The molecule has 1 heterocycles. The molecular weight excluding hydrogens is 266 g/mol. The number of phenolic OH excluding ortho intramolecular Hbond substituents is 1. The van der Waals surface area contributed by atoms with E-state index in [0.717, 1.165) is 16.3 Å². The van der Waals surface area contributed by atoms with Crippen molar-refractivity contribution in [1.82, 2.24) is 0 Å². The first-order valence-corrected chi connectivity index (χ1v) is 6.95. The van der Waals surface area contributed by atoms with Crippen LogP contribution in [0.1, 0.15) is 11.1 Å². The molecule has 3 aromatic rings. The second kappa shape index (κ2) is 4.90. The van der Waals surface area contributed by atoms with Crippen LogP contribution >= 0.6 is 0 Å². The highest BCUT2D eigenvalue weighted by Gasteiger charge is 2.16. The second-order valence-electron chi connectivity index (χ2n) is 5.70. The second-order valence-corrected chi connectivity index (χ2v) is 5.70. The van der Waals surface area contributed by atoms with Gasteiger partial charge in [0.05, 0.1) is 19.5 Å². The number of hydrogen-bond donors (Lipinski definition) is 2. The van der Waals surface area contributed by atoms with Gasteiger partial charge in [0.1, 0.15) is 17.9 Å². The molecule has 4 heteroatoms. The molecule has 0 aliphatic rings. The molecule has 0 atom stereocenters. The molecule has 2 N–H and O–H groups in total. The highest BCUT2D eigenvalue weighted by Crippen LogP contribution is 2.33. The minimum absolute atomic E-state index is 0.210. The molecule has 0 bridgehead atoms. The number of benzene rings is 2. The number of rotatable bonds is 2. The molecule has 0 unspecified atom stereocenters. The number of nitrogens with one attached hydrogen (secondary N) is 1. The molecule has 0 saturated carbocycles.